The van der Waals surface area contributed by atoms with Crippen molar-refractivity contribution in [3.8, 4) is 0 Å². The van der Waals surface area contributed by atoms with Crippen LogP contribution in [0.2, 0.25) is 0 Å². The Morgan fingerprint density at radius 1 is 0.848 bits per heavy atom. The number of nitrogens with one attached hydrogen (secondary N) is 4. The van der Waals surface area contributed by atoms with Crippen LogP contribution in [0.25, 0.3) is 0 Å². The Labute approximate surface area is 375 Å². The molecule has 0 radical (unpaired) electrons. The van der Waals surface area contributed by atoms with Crippen molar-refractivity contribution in [2.24, 2.45) is 0 Å². The van der Waals surface area contributed by atoms with Gasteiger partial charge in [-0.2, -0.15) is 0 Å². The van der Waals surface area contributed by atoms with Gasteiger partial charge in [0.2, 0.25) is 17.7 Å². The van der Waals surface area contributed by atoms with Gasteiger partial charge < -0.3 is 100 Å². The van der Waals surface area contributed by atoms with Crippen LogP contribution in [0.3, 0.4) is 0 Å². The second-order valence-electron chi connectivity index (χ2n) is 15.8. The normalized spacial score (nSPS) is 34.1. The summed E-state index contributed by atoms with van der Waals surface area (Å²) in [7, 11) is 1.01. The summed E-state index contributed by atoms with van der Waals surface area (Å²) < 4.78 is 53.1. The molecule has 26 nitrogen and oxygen atoms in total. The van der Waals surface area contributed by atoms with Crippen LogP contribution in [0.4, 0.5) is 4.39 Å². The summed E-state index contributed by atoms with van der Waals surface area (Å²) in [6.07, 6.45) is -27.8. The molecule has 1 aromatic carbocycles. The summed E-state index contributed by atoms with van der Waals surface area (Å²) in [5.41, 5.74) is -0.0358. The molecule has 0 bridgehead atoms. The first-order chi connectivity index (χ1) is 30.9. The second kappa shape index (κ2) is 23.4. The number of methoxy groups -OCH3 is 1. The van der Waals surface area contributed by atoms with Gasteiger partial charge in [-0.25, -0.2) is 14.0 Å². The molecule has 66 heavy (non-hydrogen) atoms. The number of aliphatic hydroxyl groups excluding tert-OH is 8. The van der Waals surface area contributed by atoms with Crippen LogP contribution in [-0.4, -0.2) is 218 Å². The zero-order chi connectivity index (χ0) is 49.4. The van der Waals surface area contributed by atoms with Crippen molar-refractivity contribution in [3.63, 3.8) is 0 Å². The first-order valence-electron chi connectivity index (χ1n) is 20.4. The predicted molar refractivity (Wildman–Crippen MR) is 211 cm³/mol. The number of amides is 4. The Morgan fingerprint density at radius 2 is 1.45 bits per heavy atom. The Hall–Kier alpha value is -4.59. The number of halogens is 1. The van der Waals surface area contributed by atoms with Crippen LogP contribution in [0.1, 0.15) is 44.5 Å². The summed E-state index contributed by atoms with van der Waals surface area (Å²) in [4.78, 5) is 75.3. The van der Waals surface area contributed by atoms with E-state index in [9.17, 15) is 79.1 Å². The van der Waals surface area contributed by atoms with Gasteiger partial charge in [0, 0.05) is 39.3 Å². The van der Waals surface area contributed by atoms with Crippen molar-refractivity contribution in [1.29, 1.82) is 0 Å². The zero-order valence-electron chi connectivity index (χ0n) is 36.2. The highest BCUT2D eigenvalue weighted by Gasteiger charge is 2.58. The minimum atomic E-state index is -3.02. The highest BCUT2D eigenvalue weighted by molar-refractivity contribution is 5.94. The Morgan fingerprint density at radius 3 is 2.02 bits per heavy atom. The number of carboxylic acid groups (broad SMARTS) is 1. The van der Waals surface area contributed by atoms with Crippen molar-refractivity contribution in [1.82, 2.24) is 21.3 Å². The van der Waals surface area contributed by atoms with E-state index in [1.54, 1.807) is 0 Å². The van der Waals surface area contributed by atoms with E-state index in [-0.39, 0.29) is 5.56 Å². The monoisotopic (exact) mass is 952 g/mol. The van der Waals surface area contributed by atoms with Crippen LogP contribution in [0.15, 0.2) is 24.3 Å². The van der Waals surface area contributed by atoms with E-state index in [4.69, 9.17) is 33.2 Å². The van der Waals surface area contributed by atoms with Gasteiger partial charge in [-0.3, -0.25) is 19.2 Å². The molecule has 18 atom stereocenters. The lowest BCUT2D eigenvalue weighted by Gasteiger charge is -2.49. The van der Waals surface area contributed by atoms with E-state index in [1.807, 2.05) is 0 Å². The maximum absolute atomic E-state index is 13.4. The van der Waals surface area contributed by atoms with Crippen molar-refractivity contribution in [2.45, 2.75) is 144 Å². The number of benzene rings is 1. The first-order valence-corrected chi connectivity index (χ1v) is 20.4. The molecule has 4 rings (SSSR count). The van der Waals surface area contributed by atoms with Gasteiger partial charge in [-0.1, -0.05) is 0 Å². The van der Waals surface area contributed by atoms with Gasteiger partial charge in [0.25, 0.3) is 11.7 Å². The number of carbonyl (C=O) groups excluding carboxylic acids is 5. The largest absolute Gasteiger partial charge is 0.477 e. The van der Waals surface area contributed by atoms with Crippen LogP contribution < -0.4 is 21.3 Å². The number of hydrogen-bond acceptors (Lipinski definition) is 21. The Balaban J connectivity index is 1.69. The number of rotatable bonds is 19. The maximum Gasteiger partial charge on any atom is 0.364 e. The smallest absolute Gasteiger partial charge is 0.364 e. The molecule has 0 aliphatic carbocycles. The van der Waals surface area contributed by atoms with Gasteiger partial charge in [0.05, 0.1) is 44.7 Å². The number of carboxylic acids is 1. The molecule has 3 aliphatic rings. The van der Waals surface area contributed by atoms with Crippen molar-refractivity contribution in [3.05, 3.63) is 35.6 Å². The van der Waals surface area contributed by atoms with E-state index in [0.717, 1.165) is 52.1 Å². The maximum atomic E-state index is 13.4. The number of hydrogen-bond donors (Lipinski definition) is 13. The Bertz CT molecular complexity index is 1850. The lowest BCUT2D eigenvalue weighted by atomic mass is 9.88. The molecule has 0 aromatic heterocycles. The van der Waals surface area contributed by atoms with Gasteiger partial charge in [-0.15, -0.1) is 0 Å². The molecular weight excluding hydrogens is 895 g/mol. The molecule has 13 N–H and O–H groups in total. The SMILES string of the molecule is COC(=O)[C@@H](NC(C)=O)[C@@H](C)O[C@H]1O[C@H](CO[C@]2(C(=O)O)C[C@H](O)[C@@H](NC(C)=O)[C@H]([C@H](O)[C@H](O)CNC(=O)c3ccc(F)cc3)O2)[C@H](O)[C@H](O[C@@H]2O[C@H](CO)[C@H](O)[C@H](O)[C@H]2O)[C@H]1NC(C)=O. The quantitative estimate of drug-likeness (QED) is 0.0574. The van der Waals surface area contributed by atoms with E-state index in [0.29, 0.717) is 0 Å². The third-order valence-electron chi connectivity index (χ3n) is 10.9. The number of aliphatic carboxylic acids is 1. The van der Waals surface area contributed by atoms with E-state index >= 15 is 0 Å². The average molecular weight is 953 g/mol. The molecular formula is C39H57FN4O22. The average Bonchev–Trinajstić information content (AvgIpc) is 3.26. The highest BCUT2D eigenvalue weighted by Crippen LogP contribution is 2.36. The third kappa shape index (κ3) is 13.1. The molecule has 4 amide bonds. The molecule has 1 aromatic rings. The summed E-state index contributed by atoms with van der Waals surface area (Å²) in [5, 5.41) is 107. The number of aliphatic hydroxyl groups is 8. The summed E-state index contributed by atoms with van der Waals surface area (Å²) >= 11 is 0. The van der Waals surface area contributed by atoms with E-state index < -0.39 is 177 Å². The number of carbonyl (C=O) groups is 6. The molecule has 0 spiro atoms. The zero-order valence-corrected chi connectivity index (χ0v) is 36.2. The minimum Gasteiger partial charge on any atom is -0.477 e. The van der Waals surface area contributed by atoms with E-state index in [1.165, 1.54) is 6.92 Å². The van der Waals surface area contributed by atoms with Crippen molar-refractivity contribution < 1.29 is 112 Å². The lowest BCUT2D eigenvalue weighted by molar-refractivity contribution is -0.357. The van der Waals surface area contributed by atoms with E-state index in [2.05, 4.69) is 21.3 Å². The van der Waals surface area contributed by atoms with Gasteiger partial charge in [-0.05, 0) is 31.2 Å². The fraction of sp³-hybridized carbons (Fsp3) is 0.692. The Kier molecular flexibility index (Phi) is 19.2. The molecule has 0 unspecified atom stereocenters. The first kappa shape index (κ1) is 54.0. The fourth-order valence-electron chi connectivity index (χ4n) is 7.47. The second-order valence-corrected chi connectivity index (χ2v) is 15.8. The van der Waals surface area contributed by atoms with Crippen LogP contribution >= 0.6 is 0 Å². The summed E-state index contributed by atoms with van der Waals surface area (Å²) in [6, 6.07) is -0.591. The van der Waals surface area contributed by atoms with Crippen LogP contribution in [0.5, 0.6) is 0 Å². The lowest BCUT2D eigenvalue weighted by Crippen LogP contribution is -2.70. The molecule has 3 saturated heterocycles. The predicted octanol–water partition coefficient (Wildman–Crippen LogP) is -6.41. The van der Waals surface area contributed by atoms with Gasteiger partial charge in [0.1, 0.15) is 66.8 Å². The summed E-state index contributed by atoms with van der Waals surface area (Å²) in [6.45, 7) is 1.67. The third-order valence-corrected chi connectivity index (χ3v) is 10.9. The van der Waals surface area contributed by atoms with Crippen LogP contribution in [-0.2, 0) is 57.1 Å². The minimum absolute atomic E-state index is 0.0358. The van der Waals surface area contributed by atoms with Gasteiger partial charge in [0.15, 0.2) is 18.6 Å². The number of ether oxygens (including phenoxy) is 7. The fourth-order valence-corrected chi connectivity index (χ4v) is 7.47. The van der Waals surface area contributed by atoms with Crippen molar-refractivity contribution in [2.75, 3.05) is 26.9 Å². The van der Waals surface area contributed by atoms with Crippen LogP contribution in [0, 0.1) is 5.82 Å². The molecule has 3 heterocycles. The molecule has 3 aliphatic heterocycles. The topological polar surface area (TPSA) is 397 Å². The molecule has 372 valence electrons. The number of esters is 1. The highest BCUT2D eigenvalue weighted by atomic mass is 19.1. The summed E-state index contributed by atoms with van der Waals surface area (Å²) in [5.74, 6) is -9.78. The standard InChI is InChI=1S/C39H57FN4O22/c1-14(24(35(57)60-5)42-15(2)46)62-36-26(44-17(4)48)32(65-37-31(55)30(54)28(52)22(12-45)63-37)29(53)23(64-36)13-61-39(38(58)59)10-20(49)25(43-16(3)47)33(66-39)27(51)21(50)11-41-34(56)18-6-8-19(40)9-7-18/h6-9,14,20-33,36-37,45,49-55H,10-13H2,1-5H3,(H,41,56)(H,42,46)(H,43,47)(H,44,48)(H,58,59)/t14-,20+,21-,22-,23-,24+,25-,26-,27-,28+,29+,30+,31-,32-,33-,36+,37+,39-/m1/s1. The van der Waals surface area contributed by atoms with Crippen molar-refractivity contribution >= 4 is 35.6 Å². The molecule has 27 heteroatoms. The van der Waals surface area contributed by atoms with Gasteiger partial charge >= 0.3 is 11.9 Å². The molecule has 3 fully saturated rings. The molecule has 0 saturated carbocycles.